The van der Waals surface area contributed by atoms with Crippen LogP contribution in [0.2, 0.25) is 0 Å². The average Bonchev–Trinajstić information content (AvgIpc) is 3.01. The molecule has 0 N–H and O–H groups in total. The smallest absolute Gasteiger partial charge is 0.360 e. The fraction of sp³-hybridized carbons (Fsp3) is 0.400. The number of ether oxygens (including phenoxy) is 2. The summed E-state index contributed by atoms with van der Waals surface area (Å²) in [7, 11) is 2.85. The summed E-state index contributed by atoms with van der Waals surface area (Å²) in [6.07, 6.45) is 1.72. The van der Waals surface area contributed by atoms with Crippen LogP contribution in [0.25, 0.3) is 0 Å². The predicted molar refractivity (Wildman–Crippen MR) is 63.3 cm³/mol. The van der Waals surface area contributed by atoms with Crippen molar-refractivity contribution in [2.75, 3.05) is 14.2 Å². The molecule has 0 saturated heterocycles. The number of hydrogen-bond acceptors (Lipinski definition) is 7. The van der Waals surface area contributed by atoms with E-state index in [0.717, 1.165) is 5.01 Å². The molecule has 0 aliphatic rings. The SMILES string of the molecule is COCc1c(C(=O)OC)nnn1Cc1nccs1. The number of aromatic nitrogens is 4. The molecule has 0 unspecified atom stereocenters. The number of methoxy groups -OCH3 is 2. The molecule has 0 aromatic carbocycles. The first-order valence-corrected chi connectivity index (χ1v) is 6.02. The van der Waals surface area contributed by atoms with E-state index in [-0.39, 0.29) is 12.3 Å². The molecule has 0 bridgehead atoms. The Bertz CT molecular complexity index is 523. The van der Waals surface area contributed by atoms with Crippen LogP contribution < -0.4 is 0 Å². The highest BCUT2D eigenvalue weighted by Crippen LogP contribution is 2.12. The first kappa shape index (κ1) is 12.7. The first-order chi connectivity index (χ1) is 8.76. The molecule has 2 rings (SSSR count). The molecular weight excluding hydrogens is 256 g/mol. The third-order valence-corrected chi connectivity index (χ3v) is 3.03. The fourth-order valence-corrected chi connectivity index (χ4v) is 2.05. The van der Waals surface area contributed by atoms with E-state index in [0.29, 0.717) is 12.2 Å². The zero-order valence-electron chi connectivity index (χ0n) is 9.99. The van der Waals surface area contributed by atoms with Gasteiger partial charge in [0, 0.05) is 18.7 Å². The summed E-state index contributed by atoms with van der Waals surface area (Å²) in [5, 5.41) is 10.5. The van der Waals surface area contributed by atoms with E-state index < -0.39 is 5.97 Å². The van der Waals surface area contributed by atoms with E-state index in [2.05, 4.69) is 20.0 Å². The molecule has 8 heteroatoms. The highest BCUT2D eigenvalue weighted by molar-refractivity contribution is 7.09. The molecule has 7 nitrogen and oxygen atoms in total. The Morgan fingerprint density at radius 1 is 1.50 bits per heavy atom. The second kappa shape index (κ2) is 5.69. The van der Waals surface area contributed by atoms with Gasteiger partial charge in [-0.2, -0.15) is 0 Å². The summed E-state index contributed by atoms with van der Waals surface area (Å²) in [6.45, 7) is 0.698. The predicted octanol–water partition coefficient (Wildman–Crippen LogP) is 0.716. The Morgan fingerprint density at radius 3 is 2.94 bits per heavy atom. The highest BCUT2D eigenvalue weighted by Gasteiger charge is 2.20. The normalized spacial score (nSPS) is 10.6. The van der Waals surface area contributed by atoms with E-state index in [1.54, 1.807) is 18.0 Å². The van der Waals surface area contributed by atoms with Gasteiger partial charge in [0.05, 0.1) is 26.0 Å². The van der Waals surface area contributed by atoms with Gasteiger partial charge >= 0.3 is 5.97 Å². The first-order valence-electron chi connectivity index (χ1n) is 5.14. The van der Waals surface area contributed by atoms with Gasteiger partial charge in [-0.05, 0) is 0 Å². The molecule has 2 aromatic heterocycles. The minimum atomic E-state index is -0.521. The highest BCUT2D eigenvalue weighted by atomic mass is 32.1. The molecule has 18 heavy (non-hydrogen) atoms. The molecule has 0 aliphatic carbocycles. The van der Waals surface area contributed by atoms with Gasteiger partial charge in [0.15, 0.2) is 5.69 Å². The third kappa shape index (κ3) is 2.54. The van der Waals surface area contributed by atoms with Crippen LogP contribution in [-0.4, -0.2) is 40.2 Å². The zero-order valence-corrected chi connectivity index (χ0v) is 10.8. The van der Waals surface area contributed by atoms with Crippen molar-refractivity contribution in [2.45, 2.75) is 13.2 Å². The van der Waals surface area contributed by atoms with E-state index in [4.69, 9.17) is 4.74 Å². The molecular formula is C10H12N4O3S. The van der Waals surface area contributed by atoms with Crippen LogP contribution in [0, 0.1) is 0 Å². The fourth-order valence-electron chi connectivity index (χ4n) is 1.45. The average molecular weight is 268 g/mol. The third-order valence-electron chi connectivity index (χ3n) is 2.27. The van der Waals surface area contributed by atoms with E-state index in [1.165, 1.54) is 18.4 Å². The number of carbonyl (C=O) groups is 1. The maximum atomic E-state index is 11.5. The van der Waals surface area contributed by atoms with Crippen molar-refractivity contribution in [1.29, 1.82) is 0 Å². The van der Waals surface area contributed by atoms with Crippen molar-refractivity contribution >= 4 is 17.3 Å². The minimum absolute atomic E-state index is 0.177. The van der Waals surface area contributed by atoms with Crippen LogP contribution in [0.15, 0.2) is 11.6 Å². The molecule has 0 aliphatic heterocycles. The summed E-state index contributed by atoms with van der Waals surface area (Å²) in [5.41, 5.74) is 0.760. The van der Waals surface area contributed by atoms with Gasteiger partial charge in [0.25, 0.3) is 0 Å². The molecule has 0 saturated carbocycles. The van der Waals surface area contributed by atoms with Crippen LogP contribution in [-0.2, 0) is 22.6 Å². The minimum Gasteiger partial charge on any atom is -0.464 e. The van der Waals surface area contributed by atoms with Crippen molar-refractivity contribution in [3.05, 3.63) is 28.0 Å². The Kier molecular flexibility index (Phi) is 4.00. The Labute approximate surface area is 107 Å². The van der Waals surface area contributed by atoms with E-state index in [1.807, 2.05) is 5.38 Å². The molecule has 96 valence electrons. The summed E-state index contributed by atoms with van der Waals surface area (Å²) >= 11 is 1.51. The number of rotatable bonds is 5. The van der Waals surface area contributed by atoms with Crippen LogP contribution >= 0.6 is 11.3 Å². The molecule has 2 heterocycles. The molecule has 0 atom stereocenters. The molecule has 0 amide bonds. The lowest BCUT2D eigenvalue weighted by Gasteiger charge is -2.04. The lowest BCUT2D eigenvalue weighted by Crippen LogP contribution is -2.11. The summed E-state index contributed by atoms with van der Waals surface area (Å²) < 4.78 is 11.3. The number of nitrogens with zero attached hydrogens (tertiary/aromatic N) is 4. The monoisotopic (exact) mass is 268 g/mol. The van der Waals surface area contributed by atoms with Crippen LogP contribution in [0.4, 0.5) is 0 Å². The second-order valence-corrected chi connectivity index (χ2v) is 4.37. The topological polar surface area (TPSA) is 79.1 Å². The van der Waals surface area contributed by atoms with Gasteiger partial charge in [-0.15, -0.1) is 16.4 Å². The molecule has 0 radical (unpaired) electrons. The van der Waals surface area contributed by atoms with Gasteiger partial charge in [-0.3, -0.25) is 0 Å². The summed E-state index contributed by atoms with van der Waals surface area (Å²) in [5.74, 6) is -0.521. The Hall–Kier alpha value is -1.80. The number of esters is 1. The van der Waals surface area contributed by atoms with Crippen LogP contribution in [0.3, 0.4) is 0 Å². The summed E-state index contributed by atoms with van der Waals surface area (Å²) in [6, 6.07) is 0. The number of hydrogen-bond donors (Lipinski definition) is 0. The van der Waals surface area contributed by atoms with Crippen molar-refractivity contribution < 1.29 is 14.3 Å². The number of thiazole rings is 1. The van der Waals surface area contributed by atoms with Crippen molar-refractivity contribution in [1.82, 2.24) is 20.0 Å². The standard InChI is InChI=1S/C10H12N4O3S/c1-16-6-7-9(10(15)17-2)12-13-14(7)5-8-11-3-4-18-8/h3-4H,5-6H2,1-2H3. The second-order valence-electron chi connectivity index (χ2n) is 3.39. The van der Waals surface area contributed by atoms with E-state index in [9.17, 15) is 4.79 Å². The van der Waals surface area contributed by atoms with Gasteiger partial charge in [-0.25, -0.2) is 14.5 Å². The van der Waals surface area contributed by atoms with Crippen LogP contribution in [0.5, 0.6) is 0 Å². The molecule has 2 aromatic rings. The molecule has 0 spiro atoms. The lowest BCUT2D eigenvalue weighted by atomic mass is 10.3. The van der Waals surface area contributed by atoms with Crippen LogP contribution in [0.1, 0.15) is 21.2 Å². The molecule has 0 fully saturated rings. The maximum absolute atomic E-state index is 11.5. The largest absolute Gasteiger partial charge is 0.464 e. The van der Waals surface area contributed by atoms with Crippen molar-refractivity contribution in [2.24, 2.45) is 0 Å². The Balaban J connectivity index is 2.29. The zero-order chi connectivity index (χ0) is 13.0. The quantitative estimate of drug-likeness (QED) is 0.743. The lowest BCUT2D eigenvalue weighted by molar-refractivity contribution is 0.0588. The van der Waals surface area contributed by atoms with Gasteiger partial charge < -0.3 is 9.47 Å². The van der Waals surface area contributed by atoms with E-state index >= 15 is 0 Å². The Morgan fingerprint density at radius 2 is 2.33 bits per heavy atom. The summed E-state index contributed by atoms with van der Waals surface area (Å²) in [4.78, 5) is 15.7. The van der Waals surface area contributed by atoms with Crippen molar-refractivity contribution in [3.8, 4) is 0 Å². The maximum Gasteiger partial charge on any atom is 0.360 e. The van der Waals surface area contributed by atoms with Gasteiger partial charge in [0.2, 0.25) is 0 Å². The van der Waals surface area contributed by atoms with Gasteiger partial charge in [-0.1, -0.05) is 5.21 Å². The van der Waals surface area contributed by atoms with Crippen molar-refractivity contribution in [3.63, 3.8) is 0 Å². The van der Waals surface area contributed by atoms with Gasteiger partial charge in [0.1, 0.15) is 5.01 Å². The number of carbonyl (C=O) groups excluding carboxylic acids is 1.